The zero-order valence-electron chi connectivity index (χ0n) is 10.6. The van der Waals surface area contributed by atoms with Crippen LogP contribution in [0.4, 0.5) is 18.9 Å². The van der Waals surface area contributed by atoms with Crippen molar-refractivity contribution >= 4 is 17.4 Å². The summed E-state index contributed by atoms with van der Waals surface area (Å²) in [5, 5.41) is 3.02. The number of alkyl halides is 3. The molecule has 19 heavy (non-hydrogen) atoms. The van der Waals surface area contributed by atoms with Gasteiger partial charge in [0.15, 0.2) is 0 Å². The average molecular weight is 291 g/mol. The van der Waals surface area contributed by atoms with Gasteiger partial charge in [-0.05, 0) is 42.5 Å². The van der Waals surface area contributed by atoms with Crippen molar-refractivity contribution in [3.63, 3.8) is 0 Å². The van der Waals surface area contributed by atoms with Gasteiger partial charge in [-0.1, -0.05) is 0 Å². The van der Waals surface area contributed by atoms with Crippen LogP contribution in [0.15, 0.2) is 18.2 Å². The van der Waals surface area contributed by atoms with Crippen LogP contribution in [0, 0.1) is 0 Å². The minimum atomic E-state index is -4.37. The molecule has 1 aliphatic rings. The number of benzene rings is 1. The quantitative estimate of drug-likeness (QED) is 0.908. The van der Waals surface area contributed by atoms with Gasteiger partial charge in [-0.3, -0.25) is 0 Å². The van der Waals surface area contributed by atoms with Gasteiger partial charge in [-0.25, -0.2) is 0 Å². The Balaban J connectivity index is 2.23. The molecule has 2 rings (SSSR count). The van der Waals surface area contributed by atoms with Crippen molar-refractivity contribution in [2.24, 2.45) is 0 Å². The predicted molar refractivity (Wildman–Crippen MR) is 72.0 cm³/mol. The molecule has 1 fully saturated rings. The third-order valence-electron chi connectivity index (χ3n) is 3.11. The van der Waals surface area contributed by atoms with E-state index in [-0.39, 0.29) is 17.5 Å². The zero-order chi connectivity index (χ0) is 13.9. The van der Waals surface area contributed by atoms with E-state index in [1.54, 1.807) is 6.07 Å². The number of hydrogen-bond donors (Lipinski definition) is 1. The minimum absolute atomic E-state index is 0.121. The summed E-state index contributed by atoms with van der Waals surface area (Å²) in [5.41, 5.74) is -0.518. The van der Waals surface area contributed by atoms with Crippen LogP contribution in [0.2, 0.25) is 0 Å². The lowest BCUT2D eigenvalue weighted by Crippen LogP contribution is -2.26. The van der Waals surface area contributed by atoms with Crippen molar-refractivity contribution in [1.29, 1.82) is 0 Å². The fraction of sp³-hybridized carbons (Fsp3) is 0.538. The predicted octanol–water partition coefficient (Wildman–Crippen LogP) is 4.02. The molecule has 0 bridgehead atoms. The van der Waals surface area contributed by atoms with Gasteiger partial charge in [-0.2, -0.15) is 24.9 Å². The van der Waals surface area contributed by atoms with Gasteiger partial charge in [0.25, 0.3) is 0 Å². The van der Waals surface area contributed by atoms with Gasteiger partial charge < -0.3 is 10.1 Å². The van der Waals surface area contributed by atoms with Crippen molar-refractivity contribution < 1.29 is 17.9 Å². The lowest BCUT2D eigenvalue weighted by atomic mass is 10.1. The Kier molecular flexibility index (Phi) is 4.50. The van der Waals surface area contributed by atoms with Crippen molar-refractivity contribution in [3.8, 4) is 5.75 Å². The molecule has 0 unspecified atom stereocenters. The Bertz CT molecular complexity index is 430. The SMILES string of the molecule is COc1ccc(NC2CCSCC2)c(C(F)(F)F)c1. The first kappa shape index (κ1) is 14.4. The molecule has 1 aliphatic heterocycles. The molecule has 2 nitrogen and oxygen atoms in total. The highest BCUT2D eigenvalue weighted by atomic mass is 32.2. The molecule has 0 amide bonds. The van der Waals surface area contributed by atoms with Crippen LogP contribution in [0.3, 0.4) is 0 Å². The molecule has 0 radical (unpaired) electrons. The molecular weight excluding hydrogens is 275 g/mol. The molecule has 1 aromatic rings. The van der Waals surface area contributed by atoms with E-state index in [9.17, 15) is 13.2 Å². The Morgan fingerprint density at radius 1 is 1.26 bits per heavy atom. The van der Waals surface area contributed by atoms with Gasteiger partial charge in [0.2, 0.25) is 0 Å². The molecule has 0 saturated carbocycles. The maximum absolute atomic E-state index is 13.0. The lowest BCUT2D eigenvalue weighted by molar-refractivity contribution is -0.137. The number of nitrogens with one attached hydrogen (secondary N) is 1. The molecule has 1 heterocycles. The first-order valence-electron chi connectivity index (χ1n) is 6.10. The third kappa shape index (κ3) is 3.72. The van der Waals surface area contributed by atoms with Crippen LogP contribution >= 0.6 is 11.8 Å². The second-order valence-corrected chi connectivity index (χ2v) is 5.67. The smallest absolute Gasteiger partial charge is 0.418 e. The second-order valence-electron chi connectivity index (χ2n) is 4.44. The maximum atomic E-state index is 13.0. The van der Waals surface area contributed by atoms with E-state index in [0.717, 1.165) is 30.4 Å². The molecule has 106 valence electrons. The second kappa shape index (κ2) is 5.94. The van der Waals surface area contributed by atoms with Crippen molar-refractivity contribution in [2.75, 3.05) is 23.9 Å². The first-order chi connectivity index (χ1) is 9.00. The third-order valence-corrected chi connectivity index (χ3v) is 4.16. The highest BCUT2D eigenvalue weighted by Crippen LogP contribution is 2.38. The molecule has 1 N–H and O–H groups in total. The molecule has 1 aromatic carbocycles. The summed E-state index contributed by atoms with van der Waals surface area (Å²) >= 11 is 1.84. The first-order valence-corrected chi connectivity index (χ1v) is 7.25. The minimum Gasteiger partial charge on any atom is -0.497 e. The summed E-state index contributed by atoms with van der Waals surface area (Å²) in [7, 11) is 1.36. The summed E-state index contributed by atoms with van der Waals surface area (Å²) in [5.74, 6) is 2.21. The topological polar surface area (TPSA) is 21.3 Å². The summed E-state index contributed by atoms with van der Waals surface area (Å²) in [6.45, 7) is 0. The number of halogens is 3. The number of ether oxygens (including phenoxy) is 1. The number of hydrogen-bond acceptors (Lipinski definition) is 3. The summed E-state index contributed by atoms with van der Waals surface area (Å²) in [6.07, 6.45) is -2.58. The number of rotatable bonds is 3. The number of methoxy groups -OCH3 is 1. The van der Waals surface area contributed by atoms with Gasteiger partial charge in [-0.15, -0.1) is 0 Å². The molecule has 0 aromatic heterocycles. The molecule has 1 saturated heterocycles. The highest BCUT2D eigenvalue weighted by molar-refractivity contribution is 7.99. The van der Waals surface area contributed by atoms with Crippen molar-refractivity contribution in [3.05, 3.63) is 23.8 Å². The van der Waals surface area contributed by atoms with E-state index in [0.29, 0.717) is 0 Å². The van der Waals surface area contributed by atoms with Crippen molar-refractivity contribution in [1.82, 2.24) is 0 Å². The standard InChI is InChI=1S/C13H16F3NOS/c1-18-10-2-3-12(11(8-10)13(14,15)16)17-9-4-6-19-7-5-9/h2-3,8-9,17H,4-7H2,1H3. The maximum Gasteiger partial charge on any atom is 0.418 e. The summed E-state index contributed by atoms with van der Waals surface area (Å²) in [4.78, 5) is 0. The fourth-order valence-corrected chi connectivity index (χ4v) is 3.18. The van der Waals surface area contributed by atoms with Crippen LogP contribution in [0.5, 0.6) is 5.75 Å². The van der Waals surface area contributed by atoms with Crippen LogP contribution in [0.25, 0.3) is 0 Å². The fourth-order valence-electron chi connectivity index (χ4n) is 2.07. The monoisotopic (exact) mass is 291 g/mol. The van der Waals surface area contributed by atoms with Crippen molar-refractivity contribution in [2.45, 2.75) is 25.1 Å². The number of thioether (sulfide) groups is 1. The van der Waals surface area contributed by atoms with Gasteiger partial charge in [0.1, 0.15) is 5.75 Å². The Hall–Kier alpha value is -1.04. The number of anilines is 1. The lowest BCUT2D eigenvalue weighted by Gasteiger charge is -2.25. The molecular formula is C13H16F3NOS. The Labute approximate surface area is 114 Å². The van der Waals surface area contributed by atoms with Gasteiger partial charge >= 0.3 is 6.18 Å². The Morgan fingerprint density at radius 3 is 2.53 bits per heavy atom. The summed E-state index contributed by atoms with van der Waals surface area (Å²) < 4.78 is 43.9. The van der Waals surface area contributed by atoms with E-state index in [4.69, 9.17) is 4.74 Å². The highest BCUT2D eigenvalue weighted by Gasteiger charge is 2.34. The Morgan fingerprint density at radius 2 is 1.95 bits per heavy atom. The normalized spacial score (nSPS) is 17.3. The van der Waals surface area contributed by atoms with E-state index in [1.165, 1.54) is 13.2 Å². The molecule has 0 atom stereocenters. The van der Waals surface area contributed by atoms with E-state index < -0.39 is 11.7 Å². The van der Waals surface area contributed by atoms with Gasteiger partial charge in [0, 0.05) is 11.7 Å². The van der Waals surface area contributed by atoms with Crippen LogP contribution < -0.4 is 10.1 Å². The van der Waals surface area contributed by atoms with Crippen LogP contribution in [-0.4, -0.2) is 24.7 Å². The van der Waals surface area contributed by atoms with E-state index in [2.05, 4.69) is 5.32 Å². The largest absolute Gasteiger partial charge is 0.497 e. The zero-order valence-corrected chi connectivity index (χ0v) is 11.4. The van der Waals surface area contributed by atoms with E-state index in [1.807, 2.05) is 11.8 Å². The van der Waals surface area contributed by atoms with E-state index >= 15 is 0 Å². The average Bonchev–Trinajstić information content (AvgIpc) is 2.39. The molecule has 6 heteroatoms. The van der Waals surface area contributed by atoms with Crippen LogP contribution in [-0.2, 0) is 6.18 Å². The molecule has 0 aliphatic carbocycles. The summed E-state index contributed by atoms with van der Waals surface area (Å²) in [6, 6.07) is 4.16. The van der Waals surface area contributed by atoms with Crippen LogP contribution in [0.1, 0.15) is 18.4 Å². The van der Waals surface area contributed by atoms with Gasteiger partial charge in [0.05, 0.1) is 12.7 Å². The molecule has 0 spiro atoms.